The summed E-state index contributed by atoms with van der Waals surface area (Å²) < 4.78 is 0. The third-order valence-electron chi connectivity index (χ3n) is 4.68. The van der Waals surface area contributed by atoms with Crippen molar-refractivity contribution in [3.8, 4) is 0 Å². The third kappa shape index (κ3) is 6.53. The first-order chi connectivity index (χ1) is 13.3. The van der Waals surface area contributed by atoms with Gasteiger partial charge in [0.25, 0.3) is 0 Å². The molecule has 0 aliphatic carbocycles. The lowest BCUT2D eigenvalue weighted by Crippen LogP contribution is -2.47. The van der Waals surface area contributed by atoms with Crippen LogP contribution in [0.3, 0.4) is 0 Å². The van der Waals surface area contributed by atoms with Gasteiger partial charge in [0.1, 0.15) is 0 Å². The summed E-state index contributed by atoms with van der Waals surface area (Å²) in [6.07, 6.45) is 5.56. The molecule has 2 heterocycles. The van der Waals surface area contributed by atoms with E-state index < -0.39 is 0 Å². The SMILES string of the molecule is NC(=NCCCN1CCN(c2ncccn2)CC1)NCCc1ccccc1. The van der Waals surface area contributed by atoms with E-state index in [0.29, 0.717) is 5.96 Å². The number of aliphatic imine (C=N–C) groups is 1. The van der Waals surface area contributed by atoms with Crippen LogP contribution in [0.2, 0.25) is 0 Å². The number of piperazine rings is 1. The molecule has 144 valence electrons. The Labute approximate surface area is 161 Å². The number of benzene rings is 1. The first-order valence-electron chi connectivity index (χ1n) is 9.63. The quantitative estimate of drug-likeness (QED) is 0.414. The predicted molar refractivity (Wildman–Crippen MR) is 110 cm³/mol. The molecule has 0 amide bonds. The molecule has 0 atom stereocenters. The summed E-state index contributed by atoms with van der Waals surface area (Å²) in [5.74, 6) is 1.37. The molecule has 0 radical (unpaired) electrons. The van der Waals surface area contributed by atoms with Crippen LogP contribution >= 0.6 is 0 Å². The molecular formula is C20H29N7. The van der Waals surface area contributed by atoms with Crippen LogP contribution in [-0.4, -0.2) is 66.6 Å². The smallest absolute Gasteiger partial charge is 0.225 e. The molecule has 27 heavy (non-hydrogen) atoms. The second kappa shape index (κ2) is 10.5. The molecular weight excluding hydrogens is 338 g/mol. The Balaban J connectivity index is 1.27. The Hall–Kier alpha value is -2.67. The maximum Gasteiger partial charge on any atom is 0.225 e. The van der Waals surface area contributed by atoms with Crippen LogP contribution in [0.15, 0.2) is 53.8 Å². The summed E-state index contributed by atoms with van der Waals surface area (Å²) in [7, 11) is 0. The molecule has 3 N–H and O–H groups in total. The van der Waals surface area contributed by atoms with Crippen molar-refractivity contribution in [1.29, 1.82) is 0 Å². The predicted octanol–water partition coefficient (Wildman–Crippen LogP) is 1.14. The van der Waals surface area contributed by atoms with Gasteiger partial charge in [-0.2, -0.15) is 0 Å². The van der Waals surface area contributed by atoms with Crippen LogP contribution < -0.4 is 16.0 Å². The van der Waals surface area contributed by atoms with Crippen molar-refractivity contribution < 1.29 is 0 Å². The fourth-order valence-electron chi connectivity index (χ4n) is 3.16. The molecule has 0 unspecified atom stereocenters. The van der Waals surface area contributed by atoms with Gasteiger partial charge in [-0.3, -0.25) is 9.89 Å². The van der Waals surface area contributed by atoms with Gasteiger partial charge in [0.15, 0.2) is 5.96 Å². The highest BCUT2D eigenvalue weighted by Gasteiger charge is 2.17. The number of hydrogen-bond donors (Lipinski definition) is 2. The summed E-state index contributed by atoms with van der Waals surface area (Å²) in [4.78, 5) is 17.8. The molecule has 7 nitrogen and oxygen atoms in total. The van der Waals surface area contributed by atoms with E-state index in [1.54, 1.807) is 12.4 Å². The van der Waals surface area contributed by atoms with Crippen molar-refractivity contribution in [3.05, 3.63) is 54.4 Å². The Morgan fingerprint density at radius 3 is 2.52 bits per heavy atom. The molecule has 1 aliphatic heterocycles. The highest BCUT2D eigenvalue weighted by molar-refractivity contribution is 5.77. The Bertz CT molecular complexity index is 682. The minimum absolute atomic E-state index is 0.539. The average molecular weight is 368 g/mol. The Morgan fingerprint density at radius 1 is 1.04 bits per heavy atom. The van der Waals surface area contributed by atoms with Crippen molar-refractivity contribution in [2.45, 2.75) is 12.8 Å². The van der Waals surface area contributed by atoms with Gasteiger partial charge in [0, 0.05) is 58.2 Å². The molecule has 1 saturated heterocycles. The van der Waals surface area contributed by atoms with E-state index in [4.69, 9.17) is 5.73 Å². The van der Waals surface area contributed by atoms with E-state index in [2.05, 4.69) is 54.3 Å². The van der Waals surface area contributed by atoms with E-state index in [1.807, 2.05) is 12.1 Å². The van der Waals surface area contributed by atoms with E-state index in [1.165, 1.54) is 5.56 Å². The first kappa shape index (κ1) is 19.1. The lowest BCUT2D eigenvalue weighted by Gasteiger charge is -2.34. The summed E-state index contributed by atoms with van der Waals surface area (Å²) in [6, 6.07) is 12.2. The molecule has 1 aromatic heterocycles. The van der Waals surface area contributed by atoms with Gasteiger partial charge in [-0.05, 0) is 24.5 Å². The van der Waals surface area contributed by atoms with Crippen molar-refractivity contribution in [3.63, 3.8) is 0 Å². The van der Waals surface area contributed by atoms with Crippen LogP contribution in [-0.2, 0) is 6.42 Å². The number of nitrogens with two attached hydrogens (primary N) is 1. The Kier molecular flexibility index (Phi) is 7.41. The highest BCUT2D eigenvalue weighted by Crippen LogP contribution is 2.09. The van der Waals surface area contributed by atoms with Gasteiger partial charge < -0.3 is 16.0 Å². The largest absolute Gasteiger partial charge is 0.370 e. The molecule has 2 aromatic rings. The maximum atomic E-state index is 5.94. The number of anilines is 1. The Morgan fingerprint density at radius 2 is 1.78 bits per heavy atom. The topological polar surface area (TPSA) is 82.7 Å². The summed E-state index contributed by atoms with van der Waals surface area (Å²) in [5, 5.41) is 3.19. The van der Waals surface area contributed by atoms with E-state index in [9.17, 15) is 0 Å². The average Bonchev–Trinajstić information content (AvgIpc) is 2.73. The summed E-state index contributed by atoms with van der Waals surface area (Å²) in [6.45, 7) is 6.62. The number of guanidine groups is 1. The van der Waals surface area contributed by atoms with Crippen molar-refractivity contribution in [1.82, 2.24) is 20.2 Å². The van der Waals surface area contributed by atoms with Crippen LogP contribution in [0.1, 0.15) is 12.0 Å². The van der Waals surface area contributed by atoms with E-state index in [0.717, 1.165) is 64.6 Å². The van der Waals surface area contributed by atoms with Gasteiger partial charge in [-0.15, -0.1) is 0 Å². The zero-order valence-corrected chi connectivity index (χ0v) is 15.8. The van der Waals surface area contributed by atoms with Gasteiger partial charge in [0.2, 0.25) is 5.95 Å². The molecule has 7 heteroatoms. The number of aromatic nitrogens is 2. The van der Waals surface area contributed by atoms with E-state index in [-0.39, 0.29) is 0 Å². The third-order valence-corrected chi connectivity index (χ3v) is 4.68. The number of rotatable bonds is 8. The zero-order valence-electron chi connectivity index (χ0n) is 15.8. The number of hydrogen-bond acceptors (Lipinski definition) is 5. The lowest BCUT2D eigenvalue weighted by molar-refractivity contribution is 0.255. The molecule has 1 aromatic carbocycles. The molecule has 1 fully saturated rings. The van der Waals surface area contributed by atoms with Gasteiger partial charge in [0.05, 0.1) is 0 Å². The number of nitrogens with zero attached hydrogens (tertiary/aromatic N) is 5. The minimum Gasteiger partial charge on any atom is -0.370 e. The normalized spacial score (nSPS) is 15.7. The number of nitrogens with one attached hydrogen (secondary N) is 1. The molecule has 0 saturated carbocycles. The van der Waals surface area contributed by atoms with E-state index >= 15 is 0 Å². The van der Waals surface area contributed by atoms with Crippen LogP contribution in [0, 0.1) is 0 Å². The molecule has 1 aliphatic rings. The monoisotopic (exact) mass is 367 g/mol. The molecule has 3 rings (SSSR count). The molecule has 0 spiro atoms. The standard InChI is InChI=1S/C20H29N7/c21-19(23-12-8-18-6-2-1-3-7-18)22-11-5-13-26-14-16-27(17-15-26)20-24-9-4-10-25-20/h1-4,6-7,9-10H,5,8,11-17H2,(H3,21,22,23). The van der Waals surface area contributed by atoms with Crippen molar-refractivity contribution >= 4 is 11.9 Å². The van der Waals surface area contributed by atoms with Gasteiger partial charge in [-0.25, -0.2) is 9.97 Å². The summed E-state index contributed by atoms with van der Waals surface area (Å²) >= 11 is 0. The first-order valence-corrected chi connectivity index (χ1v) is 9.63. The highest BCUT2D eigenvalue weighted by atomic mass is 15.3. The van der Waals surface area contributed by atoms with Crippen LogP contribution in [0.4, 0.5) is 5.95 Å². The second-order valence-electron chi connectivity index (χ2n) is 6.66. The van der Waals surface area contributed by atoms with Gasteiger partial charge >= 0.3 is 0 Å². The van der Waals surface area contributed by atoms with Crippen LogP contribution in [0.5, 0.6) is 0 Å². The van der Waals surface area contributed by atoms with Crippen molar-refractivity contribution in [2.24, 2.45) is 10.7 Å². The zero-order chi connectivity index (χ0) is 18.7. The molecule has 0 bridgehead atoms. The fourth-order valence-corrected chi connectivity index (χ4v) is 3.16. The minimum atomic E-state index is 0.539. The maximum absolute atomic E-state index is 5.94. The van der Waals surface area contributed by atoms with Crippen LogP contribution in [0.25, 0.3) is 0 Å². The fraction of sp³-hybridized carbons (Fsp3) is 0.450. The lowest BCUT2D eigenvalue weighted by atomic mass is 10.1. The van der Waals surface area contributed by atoms with Crippen molar-refractivity contribution in [2.75, 3.05) is 50.7 Å². The van der Waals surface area contributed by atoms with Gasteiger partial charge in [-0.1, -0.05) is 30.3 Å². The second-order valence-corrected chi connectivity index (χ2v) is 6.66. The summed E-state index contributed by atoms with van der Waals surface area (Å²) in [5.41, 5.74) is 7.25.